The fourth-order valence-corrected chi connectivity index (χ4v) is 3.32. The molecule has 2 aromatic carbocycles. The van der Waals surface area contributed by atoms with E-state index in [0.29, 0.717) is 16.7 Å². The van der Waals surface area contributed by atoms with Crippen LogP contribution < -0.4 is 5.63 Å². The van der Waals surface area contributed by atoms with Gasteiger partial charge in [-0.2, -0.15) is 0 Å². The van der Waals surface area contributed by atoms with Crippen LogP contribution in [0.4, 0.5) is 0 Å². The van der Waals surface area contributed by atoms with Crippen LogP contribution in [0.25, 0.3) is 22.1 Å². The molecule has 0 bridgehead atoms. The Morgan fingerprint density at radius 3 is 2.37 bits per heavy atom. The lowest BCUT2D eigenvalue weighted by molar-refractivity contribution is -0.0496. The average Bonchev–Trinajstić information content (AvgIpc) is 2.65. The van der Waals surface area contributed by atoms with E-state index in [1.165, 1.54) is 19.4 Å². The van der Waals surface area contributed by atoms with Gasteiger partial charge in [-0.25, -0.2) is 4.79 Å². The summed E-state index contributed by atoms with van der Waals surface area (Å²) >= 11 is 0. The number of fused-ring (bicyclic) bond motifs is 1. The van der Waals surface area contributed by atoms with E-state index in [2.05, 4.69) is 19.9 Å². The van der Waals surface area contributed by atoms with Gasteiger partial charge in [0, 0.05) is 5.39 Å². The minimum absolute atomic E-state index is 0.396. The van der Waals surface area contributed by atoms with Crippen molar-refractivity contribution in [3.63, 3.8) is 0 Å². The van der Waals surface area contributed by atoms with Crippen molar-refractivity contribution >= 4 is 11.0 Å². The van der Waals surface area contributed by atoms with Gasteiger partial charge in [0.15, 0.2) is 0 Å². The first-order valence-electron chi connectivity index (χ1n) is 9.35. The van der Waals surface area contributed by atoms with Gasteiger partial charge in [-0.1, -0.05) is 44.2 Å². The second-order valence-electron chi connectivity index (χ2n) is 7.50. The van der Waals surface area contributed by atoms with Crippen LogP contribution in [0.5, 0.6) is 0 Å². The van der Waals surface area contributed by atoms with E-state index in [-0.39, 0.29) is 0 Å². The SMILES string of the molecule is CCc1ccc(-c2cc3ccc(C(O)C(C)(C)O)cc3oc2=O)c(CC)c1. The lowest BCUT2D eigenvalue weighted by Gasteiger charge is -2.24. The topological polar surface area (TPSA) is 70.7 Å². The molecule has 0 saturated heterocycles. The zero-order valence-electron chi connectivity index (χ0n) is 16.2. The third kappa shape index (κ3) is 3.82. The molecule has 0 radical (unpaired) electrons. The van der Waals surface area contributed by atoms with Crippen LogP contribution in [0, 0.1) is 0 Å². The number of rotatable bonds is 5. The highest BCUT2D eigenvalue weighted by Gasteiger charge is 2.26. The highest BCUT2D eigenvalue weighted by Crippen LogP contribution is 2.30. The predicted molar refractivity (Wildman–Crippen MR) is 108 cm³/mol. The van der Waals surface area contributed by atoms with Crippen molar-refractivity contribution < 1.29 is 14.6 Å². The van der Waals surface area contributed by atoms with Gasteiger partial charge in [0.2, 0.25) is 0 Å². The van der Waals surface area contributed by atoms with E-state index in [1.807, 2.05) is 18.2 Å². The second kappa shape index (κ2) is 7.29. The molecular formula is C23H26O4. The smallest absolute Gasteiger partial charge is 0.344 e. The van der Waals surface area contributed by atoms with Gasteiger partial charge in [-0.3, -0.25) is 0 Å². The van der Waals surface area contributed by atoms with E-state index in [0.717, 1.165) is 29.4 Å². The molecule has 0 aliphatic carbocycles. The van der Waals surface area contributed by atoms with E-state index >= 15 is 0 Å². The third-order valence-corrected chi connectivity index (χ3v) is 4.99. The molecule has 4 heteroatoms. The van der Waals surface area contributed by atoms with Gasteiger partial charge in [0.05, 0.1) is 11.2 Å². The van der Waals surface area contributed by atoms with Crippen LogP contribution in [0.2, 0.25) is 0 Å². The van der Waals surface area contributed by atoms with Crippen molar-refractivity contribution in [3.8, 4) is 11.1 Å². The van der Waals surface area contributed by atoms with E-state index in [1.54, 1.807) is 18.2 Å². The lowest BCUT2D eigenvalue weighted by Crippen LogP contribution is -2.28. The van der Waals surface area contributed by atoms with Gasteiger partial charge in [-0.05, 0) is 61.1 Å². The van der Waals surface area contributed by atoms with Crippen molar-refractivity contribution in [2.75, 3.05) is 0 Å². The van der Waals surface area contributed by atoms with Gasteiger partial charge in [0.1, 0.15) is 11.7 Å². The van der Waals surface area contributed by atoms with E-state index < -0.39 is 17.3 Å². The molecule has 3 rings (SSSR count). The van der Waals surface area contributed by atoms with Crippen molar-refractivity contribution in [2.24, 2.45) is 0 Å². The van der Waals surface area contributed by atoms with Crippen molar-refractivity contribution in [3.05, 3.63) is 69.6 Å². The maximum atomic E-state index is 12.7. The number of hydrogen-bond donors (Lipinski definition) is 2. The number of benzene rings is 2. The zero-order chi connectivity index (χ0) is 19.8. The molecule has 0 saturated carbocycles. The summed E-state index contributed by atoms with van der Waals surface area (Å²) in [5.41, 5.74) is 3.01. The normalized spacial score (nSPS) is 13.1. The molecular weight excluding hydrogens is 340 g/mol. The standard InChI is InChI=1S/C23H26O4/c1-5-14-7-10-18(15(6-2)11-14)19-12-16-8-9-17(21(24)23(3,4)26)13-20(16)27-22(19)25/h7-13,21,24,26H,5-6H2,1-4H3. The molecule has 0 aliphatic heterocycles. The average molecular weight is 366 g/mol. The molecule has 1 heterocycles. The summed E-state index contributed by atoms with van der Waals surface area (Å²) < 4.78 is 5.56. The molecule has 4 nitrogen and oxygen atoms in total. The number of aryl methyl sites for hydroxylation is 2. The quantitative estimate of drug-likeness (QED) is 0.657. The molecule has 0 spiro atoms. The predicted octanol–water partition coefficient (Wildman–Crippen LogP) is 4.39. The Bertz CT molecular complexity index is 1020. The minimum Gasteiger partial charge on any atom is -0.422 e. The Labute approximate surface area is 159 Å². The molecule has 2 N–H and O–H groups in total. The highest BCUT2D eigenvalue weighted by molar-refractivity contribution is 5.83. The third-order valence-electron chi connectivity index (χ3n) is 4.99. The summed E-state index contributed by atoms with van der Waals surface area (Å²) in [6.07, 6.45) is 0.712. The van der Waals surface area contributed by atoms with Gasteiger partial charge < -0.3 is 14.6 Å². The van der Waals surface area contributed by atoms with Gasteiger partial charge in [-0.15, -0.1) is 0 Å². The monoisotopic (exact) mass is 366 g/mol. The second-order valence-corrected chi connectivity index (χ2v) is 7.50. The molecule has 0 fully saturated rings. The summed E-state index contributed by atoms with van der Waals surface area (Å²) in [4.78, 5) is 12.7. The summed E-state index contributed by atoms with van der Waals surface area (Å²) in [6.45, 7) is 7.25. The van der Waals surface area contributed by atoms with Crippen molar-refractivity contribution in [1.82, 2.24) is 0 Å². The first-order chi connectivity index (χ1) is 12.7. The molecule has 1 atom stereocenters. The van der Waals surface area contributed by atoms with E-state index in [9.17, 15) is 15.0 Å². The molecule has 1 aromatic heterocycles. The van der Waals surface area contributed by atoms with Gasteiger partial charge >= 0.3 is 5.63 Å². The Kier molecular flexibility index (Phi) is 5.22. The molecule has 0 aliphatic rings. The Balaban J connectivity index is 2.13. The van der Waals surface area contributed by atoms with Crippen LogP contribution in [0.15, 0.2) is 51.7 Å². The number of aliphatic hydroxyl groups is 2. The summed E-state index contributed by atoms with van der Waals surface area (Å²) in [5.74, 6) is 0. The minimum atomic E-state index is -1.29. The van der Waals surface area contributed by atoms with Crippen molar-refractivity contribution in [2.45, 2.75) is 52.2 Å². The molecule has 3 aromatic rings. The Morgan fingerprint density at radius 1 is 1.00 bits per heavy atom. The molecule has 142 valence electrons. The van der Waals surface area contributed by atoms with Crippen LogP contribution in [-0.2, 0) is 12.8 Å². The van der Waals surface area contributed by atoms with Crippen LogP contribution in [0.1, 0.15) is 50.5 Å². The van der Waals surface area contributed by atoms with Crippen LogP contribution in [-0.4, -0.2) is 15.8 Å². The van der Waals surface area contributed by atoms with Gasteiger partial charge in [0.25, 0.3) is 0 Å². The largest absolute Gasteiger partial charge is 0.422 e. The molecule has 0 amide bonds. The summed E-state index contributed by atoms with van der Waals surface area (Å²) in [6, 6.07) is 13.2. The first-order valence-corrected chi connectivity index (χ1v) is 9.35. The molecule has 27 heavy (non-hydrogen) atoms. The Hall–Kier alpha value is -2.43. The maximum absolute atomic E-state index is 12.7. The number of aliphatic hydroxyl groups excluding tert-OH is 1. The van der Waals surface area contributed by atoms with Crippen LogP contribution in [0.3, 0.4) is 0 Å². The lowest BCUT2D eigenvalue weighted by atomic mass is 9.93. The first kappa shape index (κ1) is 19.3. The number of hydrogen-bond acceptors (Lipinski definition) is 4. The highest BCUT2D eigenvalue weighted by atomic mass is 16.4. The molecule has 1 unspecified atom stereocenters. The Morgan fingerprint density at radius 2 is 1.74 bits per heavy atom. The van der Waals surface area contributed by atoms with Crippen LogP contribution >= 0.6 is 0 Å². The van der Waals surface area contributed by atoms with E-state index in [4.69, 9.17) is 4.42 Å². The fourth-order valence-electron chi connectivity index (χ4n) is 3.32. The summed E-state index contributed by atoms with van der Waals surface area (Å²) in [7, 11) is 0. The van der Waals surface area contributed by atoms with Crippen molar-refractivity contribution in [1.29, 1.82) is 0 Å². The summed E-state index contributed by atoms with van der Waals surface area (Å²) in [5, 5.41) is 21.1. The zero-order valence-corrected chi connectivity index (χ0v) is 16.2. The maximum Gasteiger partial charge on any atom is 0.344 e. The fraction of sp³-hybridized carbons (Fsp3) is 0.348.